The van der Waals surface area contributed by atoms with E-state index in [4.69, 9.17) is 0 Å². The summed E-state index contributed by atoms with van der Waals surface area (Å²) in [4.78, 5) is 0. The van der Waals surface area contributed by atoms with Gasteiger partial charge in [-0.25, -0.2) is 0 Å². The molecule has 3 heterocycles. The highest BCUT2D eigenvalue weighted by atomic mass is 14.9. The maximum absolute atomic E-state index is 3.36. The molecule has 1 heteroatoms. The van der Waals surface area contributed by atoms with Gasteiger partial charge in [-0.05, 0) is 41.9 Å². The Bertz CT molecular complexity index is 454. The van der Waals surface area contributed by atoms with Gasteiger partial charge in [-0.2, -0.15) is 0 Å². The molecule has 0 saturated heterocycles. The number of allylic oxidation sites excluding steroid dienone is 10. The van der Waals surface area contributed by atoms with E-state index >= 15 is 0 Å². The Labute approximate surface area is 83.5 Å². The van der Waals surface area contributed by atoms with Crippen molar-refractivity contribution in [1.82, 2.24) is 5.32 Å². The lowest BCUT2D eigenvalue weighted by Gasteiger charge is -2.19. The Kier molecular flexibility index (Phi) is 1.57. The molecule has 0 aromatic rings. The van der Waals surface area contributed by atoms with E-state index in [1.165, 1.54) is 16.8 Å². The molecule has 68 valence electrons. The Hall–Kier alpha value is -1.76. The molecule has 0 radical (unpaired) electrons. The van der Waals surface area contributed by atoms with Crippen molar-refractivity contribution in [3.8, 4) is 0 Å². The minimum Gasteiger partial charge on any atom is -0.356 e. The van der Waals surface area contributed by atoms with Crippen LogP contribution in [0.5, 0.6) is 0 Å². The molecule has 1 aliphatic carbocycles. The molecule has 4 rings (SSSR count). The van der Waals surface area contributed by atoms with Crippen molar-refractivity contribution in [3.63, 3.8) is 0 Å². The van der Waals surface area contributed by atoms with Gasteiger partial charge in [0, 0.05) is 11.4 Å². The minimum atomic E-state index is 1.10. The molecule has 0 spiro atoms. The van der Waals surface area contributed by atoms with Gasteiger partial charge >= 0.3 is 0 Å². The summed E-state index contributed by atoms with van der Waals surface area (Å²) in [6.45, 7) is 0. The number of hydrogen-bond acceptors (Lipinski definition) is 1. The van der Waals surface area contributed by atoms with Gasteiger partial charge in [0.15, 0.2) is 0 Å². The number of nitrogens with one attached hydrogen (secondary N) is 1. The van der Waals surface area contributed by atoms with Gasteiger partial charge in [0.25, 0.3) is 0 Å². The zero-order valence-electron chi connectivity index (χ0n) is 7.83. The topological polar surface area (TPSA) is 12.0 Å². The fourth-order valence-corrected chi connectivity index (χ4v) is 1.81. The molecule has 1 nitrogen and oxygen atoms in total. The first-order valence-corrected chi connectivity index (χ1v) is 4.85. The first-order chi connectivity index (χ1) is 6.90. The molecule has 3 aliphatic heterocycles. The average Bonchev–Trinajstić information content (AvgIpc) is 2.14. The van der Waals surface area contributed by atoms with Crippen molar-refractivity contribution < 1.29 is 0 Å². The summed E-state index contributed by atoms with van der Waals surface area (Å²) in [7, 11) is 0. The highest BCUT2D eigenvalue weighted by Gasteiger charge is 2.11. The van der Waals surface area contributed by atoms with Gasteiger partial charge < -0.3 is 5.32 Å². The molecular formula is C13H11N. The summed E-state index contributed by atoms with van der Waals surface area (Å²) in [5.41, 5.74) is 5.15. The van der Waals surface area contributed by atoms with Crippen LogP contribution in [0.4, 0.5) is 0 Å². The first-order valence-electron chi connectivity index (χ1n) is 4.85. The molecule has 1 N–H and O–H groups in total. The van der Waals surface area contributed by atoms with Crippen LogP contribution in [0.3, 0.4) is 0 Å². The van der Waals surface area contributed by atoms with Crippen LogP contribution in [0.15, 0.2) is 71.1 Å². The lowest BCUT2D eigenvalue weighted by atomic mass is 9.90. The number of dihydropyridines is 1. The monoisotopic (exact) mass is 181 g/mol. The molecule has 0 aromatic carbocycles. The first kappa shape index (κ1) is 7.63. The molecule has 0 fully saturated rings. The van der Waals surface area contributed by atoms with E-state index in [0.717, 1.165) is 12.1 Å². The summed E-state index contributed by atoms with van der Waals surface area (Å²) in [5.74, 6) is 0. The summed E-state index contributed by atoms with van der Waals surface area (Å²) in [6.07, 6.45) is 18.2. The van der Waals surface area contributed by atoms with Gasteiger partial charge in [-0.1, -0.05) is 24.3 Å². The number of rotatable bonds is 0. The summed E-state index contributed by atoms with van der Waals surface area (Å²) < 4.78 is 0. The van der Waals surface area contributed by atoms with Gasteiger partial charge in [-0.15, -0.1) is 0 Å². The van der Waals surface area contributed by atoms with Crippen LogP contribution in [0.1, 0.15) is 6.42 Å². The maximum atomic E-state index is 3.36. The molecule has 0 aromatic heterocycles. The van der Waals surface area contributed by atoms with E-state index in [2.05, 4.69) is 53.9 Å². The van der Waals surface area contributed by atoms with Crippen molar-refractivity contribution in [2.24, 2.45) is 0 Å². The largest absolute Gasteiger partial charge is 0.356 e. The maximum Gasteiger partial charge on any atom is 0.0387 e. The lowest BCUT2D eigenvalue weighted by Crippen LogP contribution is -2.13. The second-order valence-electron chi connectivity index (χ2n) is 3.70. The second kappa shape index (κ2) is 2.88. The van der Waals surface area contributed by atoms with E-state index in [-0.39, 0.29) is 0 Å². The highest BCUT2D eigenvalue weighted by molar-refractivity contribution is 5.51. The molecule has 0 unspecified atom stereocenters. The molecule has 4 aliphatic rings. The summed E-state index contributed by atoms with van der Waals surface area (Å²) in [5, 5.41) is 3.36. The van der Waals surface area contributed by atoms with E-state index in [0.29, 0.717) is 0 Å². The molecular weight excluding hydrogens is 170 g/mol. The van der Waals surface area contributed by atoms with E-state index < -0.39 is 0 Å². The normalized spacial score (nSPS) is 32.0. The molecule has 0 atom stereocenters. The number of fused-ring (bicyclic) bond motifs is 1. The van der Waals surface area contributed by atoms with Crippen molar-refractivity contribution in [2.75, 3.05) is 0 Å². The van der Waals surface area contributed by atoms with Crippen LogP contribution in [-0.2, 0) is 0 Å². The van der Waals surface area contributed by atoms with Gasteiger partial charge in [0.2, 0.25) is 0 Å². The Morgan fingerprint density at radius 1 is 0.857 bits per heavy atom. The smallest absolute Gasteiger partial charge is 0.0387 e. The standard InChI is InChI=1S/C13H11N/c1-3-10-7-11(8-10)9-13-6-2-5-12(4-1)14-13/h1-7,9,14H,8H2/b3-1-,4-1?,10-3?,11-9+,12-4-,13-9?. The van der Waals surface area contributed by atoms with Gasteiger partial charge in [-0.3, -0.25) is 0 Å². The molecule has 0 amide bonds. The fourth-order valence-electron chi connectivity index (χ4n) is 1.81. The van der Waals surface area contributed by atoms with Crippen molar-refractivity contribution in [1.29, 1.82) is 0 Å². The molecule has 0 saturated carbocycles. The third-order valence-corrected chi connectivity index (χ3v) is 2.55. The predicted molar refractivity (Wildman–Crippen MR) is 58.4 cm³/mol. The van der Waals surface area contributed by atoms with Crippen LogP contribution in [0, 0.1) is 0 Å². The van der Waals surface area contributed by atoms with Gasteiger partial charge in [0.05, 0.1) is 0 Å². The van der Waals surface area contributed by atoms with Crippen molar-refractivity contribution in [3.05, 3.63) is 71.1 Å². The average molecular weight is 181 g/mol. The van der Waals surface area contributed by atoms with Crippen LogP contribution in [0.25, 0.3) is 0 Å². The SMILES string of the molecule is C1=C/C2=C/C=C\C3=CC(=C\C(=C1)N2)/C3. The number of hydrogen-bond donors (Lipinski definition) is 1. The third kappa shape index (κ3) is 1.27. The van der Waals surface area contributed by atoms with E-state index in [1.54, 1.807) is 0 Å². The Morgan fingerprint density at radius 3 is 2.57 bits per heavy atom. The summed E-state index contributed by atoms with van der Waals surface area (Å²) in [6, 6.07) is 0. The fraction of sp³-hybridized carbons (Fsp3) is 0.0769. The Balaban J connectivity index is 2.08. The van der Waals surface area contributed by atoms with Crippen molar-refractivity contribution in [2.45, 2.75) is 6.42 Å². The van der Waals surface area contributed by atoms with Crippen LogP contribution in [0.2, 0.25) is 0 Å². The third-order valence-electron chi connectivity index (χ3n) is 2.55. The highest BCUT2D eigenvalue weighted by Crippen LogP contribution is 2.28. The second-order valence-corrected chi connectivity index (χ2v) is 3.70. The zero-order valence-corrected chi connectivity index (χ0v) is 7.83. The zero-order chi connectivity index (χ0) is 9.38. The van der Waals surface area contributed by atoms with E-state index in [1.807, 2.05) is 0 Å². The predicted octanol–water partition coefficient (Wildman–Crippen LogP) is 2.74. The van der Waals surface area contributed by atoms with Crippen LogP contribution >= 0.6 is 0 Å². The lowest BCUT2D eigenvalue weighted by molar-refractivity contribution is 1.00. The van der Waals surface area contributed by atoms with Crippen LogP contribution in [-0.4, -0.2) is 0 Å². The van der Waals surface area contributed by atoms with Crippen molar-refractivity contribution >= 4 is 0 Å². The van der Waals surface area contributed by atoms with Gasteiger partial charge in [0.1, 0.15) is 0 Å². The van der Waals surface area contributed by atoms with E-state index in [9.17, 15) is 0 Å². The quantitative estimate of drug-likeness (QED) is 0.606. The molecule has 14 heavy (non-hydrogen) atoms. The minimum absolute atomic E-state index is 1.10. The molecule has 4 bridgehead atoms. The van der Waals surface area contributed by atoms with Crippen LogP contribution < -0.4 is 5.32 Å². The Morgan fingerprint density at radius 2 is 1.64 bits per heavy atom. The summed E-state index contributed by atoms with van der Waals surface area (Å²) >= 11 is 0.